The van der Waals surface area contributed by atoms with Crippen LogP contribution in [-0.4, -0.2) is 0 Å². The van der Waals surface area contributed by atoms with E-state index in [1.807, 2.05) is 18.2 Å². The second-order valence-corrected chi connectivity index (χ2v) is 5.06. The highest BCUT2D eigenvalue weighted by atomic mass is 16.3. The van der Waals surface area contributed by atoms with Crippen LogP contribution in [0.5, 0.6) is 0 Å². The summed E-state index contributed by atoms with van der Waals surface area (Å²) in [6.07, 6.45) is 1.71. The van der Waals surface area contributed by atoms with E-state index in [0.29, 0.717) is 0 Å². The first-order valence-corrected chi connectivity index (χ1v) is 5.21. The predicted molar refractivity (Wildman–Crippen MR) is 62.6 cm³/mol. The summed E-state index contributed by atoms with van der Waals surface area (Å²) < 4.78 is 5.30. The quantitative estimate of drug-likeness (QED) is 0.770. The third-order valence-electron chi connectivity index (χ3n) is 2.77. The van der Waals surface area contributed by atoms with Gasteiger partial charge in [0.15, 0.2) is 0 Å². The van der Waals surface area contributed by atoms with Crippen molar-refractivity contribution in [1.29, 1.82) is 0 Å². The van der Waals surface area contributed by atoms with Gasteiger partial charge in [0, 0.05) is 11.4 Å². The molecule has 1 atom stereocenters. The van der Waals surface area contributed by atoms with E-state index in [9.17, 15) is 0 Å². The minimum absolute atomic E-state index is 0.0526. The van der Waals surface area contributed by atoms with E-state index < -0.39 is 0 Å². The average molecular weight is 203 g/mol. The standard InChI is InChI=1S/C13H17NO/c1-13(2,3)12(14)10-4-5-11-9(8-10)6-7-15-11/h4-8,12H,14H2,1-3H3. The van der Waals surface area contributed by atoms with Crippen molar-refractivity contribution in [2.75, 3.05) is 0 Å². The van der Waals surface area contributed by atoms with Gasteiger partial charge in [0.2, 0.25) is 0 Å². The van der Waals surface area contributed by atoms with Crippen LogP contribution in [0.1, 0.15) is 32.4 Å². The van der Waals surface area contributed by atoms with Gasteiger partial charge in [-0.25, -0.2) is 0 Å². The highest BCUT2D eigenvalue weighted by Crippen LogP contribution is 2.31. The van der Waals surface area contributed by atoms with E-state index in [2.05, 4.69) is 26.8 Å². The molecule has 0 spiro atoms. The Balaban J connectivity index is 2.44. The first-order valence-electron chi connectivity index (χ1n) is 5.21. The van der Waals surface area contributed by atoms with Crippen molar-refractivity contribution in [2.45, 2.75) is 26.8 Å². The lowest BCUT2D eigenvalue weighted by molar-refractivity contribution is 0.327. The molecule has 0 aliphatic heterocycles. The highest BCUT2D eigenvalue weighted by Gasteiger charge is 2.22. The zero-order valence-electron chi connectivity index (χ0n) is 9.45. The average Bonchev–Trinajstić information content (AvgIpc) is 2.61. The van der Waals surface area contributed by atoms with Crippen molar-refractivity contribution in [3.63, 3.8) is 0 Å². The summed E-state index contributed by atoms with van der Waals surface area (Å²) in [5, 5.41) is 1.12. The molecule has 0 fully saturated rings. The van der Waals surface area contributed by atoms with Crippen molar-refractivity contribution in [1.82, 2.24) is 0 Å². The van der Waals surface area contributed by atoms with Crippen molar-refractivity contribution in [3.05, 3.63) is 36.1 Å². The molecule has 0 bridgehead atoms. The van der Waals surface area contributed by atoms with E-state index in [1.54, 1.807) is 6.26 Å². The minimum atomic E-state index is 0.0526. The van der Waals surface area contributed by atoms with Crippen LogP contribution in [0.3, 0.4) is 0 Å². The molecule has 0 radical (unpaired) electrons. The van der Waals surface area contributed by atoms with Crippen molar-refractivity contribution in [3.8, 4) is 0 Å². The molecular weight excluding hydrogens is 186 g/mol. The lowest BCUT2D eigenvalue weighted by Crippen LogP contribution is -2.26. The second-order valence-electron chi connectivity index (χ2n) is 5.06. The SMILES string of the molecule is CC(C)(C)C(N)c1ccc2occc2c1. The second kappa shape index (κ2) is 3.38. The molecule has 2 N–H and O–H groups in total. The maximum absolute atomic E-state index is 6.20. The number of hydrogen-bond acceptors (Lipinski definition) is 2. The molecule has 0 aliphatic rings. The van der Waals surface area contributed by atoms with E-state index >= 15 is 0 Å². The molecule has 0 amide bonds. The zero-order valence-corrected chi connectivity index (χ0v) is 9.45. The van der Waals surface area contributed by atoms with Crippen LogP contribution in [0.2, 0.25) is 0 Å². The van der Waals surface area contributed by atoms with Crippen LogP contribution >= 0.6 is 0 Å². The largest absolute Gasteiger partial charge is 0.464 e. The summed E-state index contributed by atoms with van der Waals surface area (Å²) in [6.45, 7) is 6.45. The van der Waals surface area contributed by atoms with Crippen molar-refractivity contribution < 1.29 is 4.42 Å². The lowest BCUT2D eigenvalue weighted by Gasteiger charge is -2.27. The number of hydrogen-bond donors (Lipinski definition) is 1. The number of fused-ring (bicyclic) bond motifs is 1. The van der Waals surface area contributed by atoms with Crippen LogP contribution in [0.4, 0.5) is 0 Å². The lowest BCUT2D eigenvalue weighted by atomic mass is 9.83. The molecule has 80 valence electrons. The third-order valence-corrected chi connectivity index (χ3v) is 2.77. The molecule has 15 heavy (non-hydrogen) atoms. The molecule has 2 heteroatoms. The maximum atomic E-state index is 6.20. The number of benzene rings is 1. The highest BCUT2D eigenvalue weighted by molar-refractivity contribution is 5.77. The monoisotopic (exact) mass is 203 g/mol. The Morgan fingerprint density at radius 2 is 1.93 bits per heavy atom. The van der Waals surface area contributed by atoms with Crippen LogP contribution in [-0.2, 0) is 0 Å². The minimum Gasteiger partial charge on any atom is -0.464 e. The van der Waals surface area contributed by atoms with E-state index in [4.69, 9.17) is 10.2 Å². The third kappa shape index (κ3) is 1.90. The van der Waals surface area contributed by atoms with Gasteiger partial charge in [0.25, 0.3) is 0 Å². The fourth-order valence-corrected chi connectivity index (χ4v) is 1.68. The molecule has 2 nitrogen and oxygen atoms in total. The molecule has 0 saturated heterocycles. The molecule has 2 aromatic rings. The van der Waals surface area contributed by atoms with Gasteiger partial charge in [-0.05, 0) is 29.2 Å². The molecule has 2 rings (SSSR count). The van der Waals surface area contributed by atoms with Gasteiger partial charge in [-0.15, -0.1) is 0 Å². The Kier molecular flexibility index (Phi) is 2.31. The van der Waals surface area contributed by atoms with Gasteiger partial charge in [0.1, 0.15) is 5.58 Å². The Morgan fingerprint density at radius 1 is 1.20 bits per heavy atom. The van der Waals surface area contributed by atoms with Gasteiger partial charge in [-0.3, -0.25) is 0 Å². The molecule has 0 saturated carbocycles. The van der Waals surface area contributed by atoms with E-state index in [1.165, 1.54) is 0 Å². The summed E-state index contributed by atoms with van der Waals surface area (Å²) >= 11 is 0. The van der Waals surface area contributed by atoms with Crippen molar-refractivity contribution >= 4 is 11.0 Å². The number of furan rings is 1. The normalized spacial score (nSPS) is 14.4. The van der Waals surface area contributed by atoms with Gasteiger partial charge < -0.3 is 10.2 Å². The summed E-state index contributed by atoms with van der Waals surface area (Å²) in [4.78, 5) is 0. The first-order chi connectivity index (χ1) is 6.98. The predicted octanol–water partition coefficient (Wildman–Crippen LogP) is 3.48. The zero-order chi connectivity index (χ0) is 11.1. The molecule has 0 aliphatic carbocycles. The van der Waals surface area contributed by atoms with Gasteiger partial charge in [-0.1, -0.05) is 26.8 Å². The fourth-order valence-electron chi connectivity index (χ4n) is 1.68. The summed E-state index contributed by atoms with van der Waals surface area (Å²) in [5.41, 5.74) is 8.36. The summed E-state index contributed by atoms with van der Waals surface area (Å²) in [6, 6.07) is 8.15. The molecule has 1 heterocycles. The first kappa shape index (κ1) is 10.2. The van der Waals surface area contributed by atoms with Gasteiger partial charge >= 0.3 is 0 Å². The van der Waals surface area contributed by atoms with Crippen LogP contribution < -0.4 is 5.73 Å². The summed E-state index contributed by atoms with van der Waals surface area (Å²) in [7, 11) is 0. The van der Waals surface area contributed by atoms with Gasteiger partial charge in [0.05, 0.1) is 6.26 Å². The number of rotatable bonds is 1. The van der Waals surface area contributed by atoms with Crippen LogP contribution in [0.15, 0.2) is 34.9 Å². The summed E-state index contributed by atoms with van der Waals surface area (Å²) in [5.74, 6) is 0. The fraction of sp³-hybridized carbons (Fsp3) is 0.385. The maximum Gasteiger partial charge on any atom is 0.133 e. The van der Waals surface area contributed by atoms with Crippen molar-refractivity contribution in [2.24, 2.45) is 11.1 Å². The smallest absolute Gasteiger partial charge is 0.133 e. The van der Waals surface area contributed by atoms with E-state index in [-0.39, 0.29) is 11.5 Å². The Hall–Kier alpha value is -1.28. The topological polar surface area (TPSA) is 39.2 Å². The van der Waals surface area contributed by atoms with Crippen LogP contribution in [0, 0.1) is 5.41 Å². The molecule has 1 unspecified atom stereocenters. The molecular formula is C13H17NO. The molecule has 1 aromatic heterocycles. The number of nitrogens with two attached hydrogens (primary N) is 1. The van der Waals surface area contributed by atoms with E-state index in [0.717, 1.165) is 16.5 Å². The molecule has 1 aromatic carbocycles. The van der Waals surface area contributed by atoms with Crippen LogP contribution in [0.25, 0.3) is 11.0 Å². The Morgan fingerprint density at radius 3 is 2.60 bits per heavy atom. The Bertz CT molecular complexity index is 465. The Labute approximate surface area is 90.1 Å². The van der Waals surface area contributed by atoms with Gasteiger partial charge in [-0.2, -0.15) is 0 Å².